The van der Waals surface area contributed by atoms with Crippen molar-refractivity contribution < 1.29 is 4.39 Å². The van der Waals surface area contributed by atoms with Crippen LogP contribution in [0, 0.1) is 5.82 Å². The molecule has 0 spiro atoms. The molecule has 0 bridgehead atoms. The standard InChI is InChI=1S/C14H19BrFN/c1-4-10(3)8-14(17-5-2)11-6-7-12(15)13(16)9-11/h6-7,9,14,17H,3-5,8H2,1-2H3. The quantitative estimate of drug-likeness (QED) is 0.757. The van der Waals surface area contributed by atoms with E-state index < -0.39 is 0 Å². The highest BCUT2D eigenvalue weighted by Gasteiger charge is 2.12. The van der Waals surface area contributed by atoms with Crippen molar-refractivity contribution in [2.24, 2.45) is 0 Å². The topological polar surface area (TPSA) is 12.0 Å². The van der Waals surface area contributed by atoms with Crippen LogP contribution in [0.4, 0.5) is 4.39 Å². The zero-order chi connectivity index (χ0) is 12.8. The van der Waals surface area contributed by atoms with Crippen LogP contribution in [0.3, 0.4) is 0 Å². The molecule has 0 saturated carbocycles. The summed E-state index contributed by atoms with van der Waals surface area (Å²) in [6, 6.07) is 5.43. The van der Waals surface area contributed by atoms with E-state index in [9.17, 15) is 4.39 Å². The van der Waals surface area contributed by atoms with Crippen molar-refractivity contribution in [1.29, 1.82) is 0 Å². The fourth-order valence-electron chi connectivity index (χ4n) is 1.72. The molecule has 1 aromatic rings. The van der Waals surface area contributed by atoms with Gasteiger partial charge in [0.1, 0.15) is 5.82 Å². The summed E-state index contributed by atoms with van der Waals surface area (Å²) in [5.74, 6) is -0.215. The Balaban J connectivity index is 2.88. The fourth-order valence-corrected chi connectivity index (χ4v) is 1.96. The van der Waals surface area contributed by atoms with Crippen molar-refractivity contribution in [3.63, 3.8) is 0 Å². The maximum Gasteiger partial charge on any atom is 0.137 e. The lowest BCUT2D eigenvalue weighted by Crippen LogP contribution is -2.21. The molecule has 0 aromatic heterocycles. The highest BCUT2D eigenvalue weighted by Crippen LogP contribution is 2.25. The molecular weight excluding hydrogens is 281 g/mol. The maximum absolute atomic E-state index is 13.5. The normalized spacial score (nSPS) is 12.5. The van der Waals surface area contributed by atoms with Gasteiger partial charge in [0.2, 0.25) is 0 Å². The number of hydrogen-bond acceptors (Lipinski definition) is 1. The third-order valence-corrected chi connectivity index (χ3v) is 3.43. The molecule has 1 atom stereocenters. The highest BCUT2D eigenvalue weighted by molar-refractivity contribution is 9.10. The second-order valence-corrected chi connectivity index (χ2v) is 4.95. The Morgan fingerprint density at radius 1 is 1.47 bits per heavy atom. The van der Waals surface area contributed by atoms with Crippen molar-refractivity contribution >= 4 is 15.9 Å². The van der Waals surface area contributed by atoms with E-state index in [0.717, 1.165) is 24.9 Å². The molecule has 17 heavy (non-hydrogen) atoms. The monoisotopic (exact) mass is 299 g/mol. The second kappa shape index (κ2) is 6.92. The molecule has 3 heteroatoms. The molecule has 0 aliphatic heterocycles. The summed E-state index contributed by atoms with van der Waals surface area (Å²) < 4.78 is 14.0. The van der Waals surface area contributed by atoms with Gasteiger partial charge in [0.15, 0.2) is 0 Å². The Morgan fingerprint density at radius 2 is 2.18 bits per heavy atom. The Morgan fingerprint density at radius 3 is 2.71 bits per heavy atom. The van der Waals surface area contributed by atoms with Crippen molar-refractivity contribution in [3.8, 4) is 0 Å². The van der Waals surface area contributed by atoms with Gasteiger partial charge in [0.05, 0.1) is 4.47 Å². The van der Waals surface area contributed by atoms with Crippen molar-refractivity contribution in [3.05, 3.63) is 46.2 Å². The molecule has 0 radical (unpaired) electrons. The molecule has 1 N–H and O–H groups in total. The third kappa shape index (κ3) is 4.25. The van der Waals surface area contributed by atoms with Crippen LogP contribution < -0.4 is 5.32 Å². The number of benzene rings is 1. The van der Waals surface area contributed by atoms with Crippen LogP contribution in [0.5, 0.6) is 0 Å². The molecule has 1 unspecified atom stereocenters. The molecule has 0 saturated heterocycles. The minimum absolute atomic E-state index is 0.148. The summed E-state index contributed by atoms with van der Waals surface area (Å²) in [5.41, 5.74) is 2.15. The smallest absolute Gasteiger partial charge is 0.137 e. The second-order valence-electron chi connectivity index (χ2n) is 4.09. The summed E-state index contributed by atoms with van der Waals surface area (Å²) in [4.78, 5) is 0. The lowest BCUT2D eigenvalue weighted by Gasteiger charge is -2.19. The first-order valence-corrected chi connectivity index (χ1v) is 6.72. The minimum Gasteiger partial charge on any atom is -0.310 e. The van der Waals surface area contributed by atoms with Crippen molar-refractivity contribution in [1.82, 2.24) is 5.32 Å². The third-order valence-electron chi connectivity index (χ3n) is 2.79. The lowest BCUT2D eigenvalue weighted by molar-refractivity contribution is 0.536. The maximum atomic E-state index is 13.5. The van der Waals surface area contributed by atoms with E-state index in [1.165, 1.54) is 5.57 Å². The zero-order valence-electron chi connectivity index (χ0n) is 10.4. The van der Waals surface area contributed by atoms with Gasteiger partial charge in [-0.25, -0.2) is 4.39 Å². The fraction of sp³-hybridized carbons (Fsp3) is 0.429. The highest BCUT2D eigenvalue weighted by atomic mass is 79.9. The summed E-state index contributed by atoms with van der Waals surface area (Å²) in [6.07, 6.45) is 1.81. The van der Waals surface area contributed by atoms with E-state index >= 15 is 0 Å². The molecule has 1 rings (SSSR count). The largest absolute Gasteiger partial charge is 0.310 e. The van der Waals surface area contributed by atoms with Crippen LogP contribution >= 0.6 is 15.9 Å². The summed E-state index contributed by atoms with van der Waals surface area (Å²) in [5, 5.41) is 3.37. The van der Waals surface area contributed by atoms with Gasteiger partial charge in [0.25, 0.3) is 0 Å². The summed E-state index contributed by atoms with van der Waals surface area (Å²) in [7, 11) is 0. The first kappa shape index (κ1) is 14.4. The Bertz CT molecular complexity index is 390. The predicted molar refractivity (Wildman–Crippen MR) is 74.6 cm³/mol. The van der Waals surface area contributed by atoms with Gasteiger partial charge in [-0.1, -0.05) is 32.1 Å². The first-order chi connectivity index (χ1) is 8.08. The minimum atomic E-state index is -0.215. The van der Waals surface area contributed by atoms with E-state index in [-0.39, 0.29) is 11.9 Å². The Hall–Kier alpha value is -0.670. The van der Waals surface area contributed by atoms with Crippen LogP contribution in [0.1, 0.15) is 38.3 Å². The van der Waals surface area contributed by atoms with Crippen LogP contribution in [0.2, 0.25) is 0 Å². The average molecular weight is 300 g/mol. The number of nitrogens with one attached hydrogen (secondary N) is 1. The van der Waals surface area contributed by atoms with E-state index in [4.69, 9.17) is 0 Å². The Kier molecular flexibility index (Phi) is 5.86. The summed E-state index contributed by atoms with van der Waals surface area (Å²) in [6.45, 7) is 9.02. The van der Waals surface area contributed by atoms with Crippen molar-refractivity contribution in [2.45, 2.75) is 32.7 Å². The van der Waals surface area contributed by atoms with Crippen molar-refractivity contribution in [2.75, 3.05) is 6.54 Å². The summed E-state index contributed by atoms with van der Waals surface area (Å²) >= 11 is 3.17. The van der Waals surface area contributed by atoms with Crippen LogP contribution in [0.25, 0.3) is 0 Å². The molecule has 0 amide bonds. The molecule has 0 aliphatic carbocycles. The molecule has 94 valence electrons. The van der Waals surface area contributed by atoms with E-state index in [0.29, 0.717) is 4.47 Å². The average Bonchev–Trinajstić information content (AvgIpc) is 2.32. The molecule has 1 aromatic carbocycles. The first-order valence-electron chi connectivity index (χ1n) is 5.93. The van der Waals surface area contributed by atoms with E-state index in [1.807, 2.05) is 6.07 Å². The molecule has 0 fully saturated rings. The molecular formula is C14H19BrFN. The van der Waals surface area contributed by atoms with Gasteiger partial charge >= 0.3 is 0 Å². The number of hydrogen-bond donors (Lipinski definition) is 1. The number of rotatable bonds is 6. The van der Waals surface area contributed by atoms with Gasteiger partial charge in [0, 0.05) is 6.04 Å². The molecule has 1 nitrogen and oxygen atoms in total. The van der Waals surface area contributed by atoms with Gasteiger partial charge in [-0.15, -0.1) is 0 Å². The lowest BCUT2D eigenvalue weighted by atomic mass is 9.98. The molecule has 0 aliphatic rings. The van der Waals surface area contributed by atoms with E-state index in [1.54, 1.807) is 12.1 Å². The van der Waals surface area contributed by atoms with Crippen LogP contribution in [-0.4, -0.2) is 6.54 Å². The van der Waals surface area contributed by atoms with Gasteiger partial charge in [-0.3, -0.25) is 0 Å². The zero-order valence-corrected chi connectivity index (χ0v) is 12.0. The van der Waals surface area contributed by atoms with Crippen LogP contribution in [0.15, 0.2) is 34.8 Å². The van der Waals surface area contributed by atoms with Gasteiger partial charge < -0.3 is 5.32 Å². The molecule has 0 heterocycles. The van der Waals surface area contributed by atoms with E-state index in [2.05, 4.69) is 41.7 Å². The Labute approximate surface area is 111 Å². The predicted octanol–water partition coefficient (Wildman–Crippen LogP) is 4.60. The SMILES string of the molecule is C=C(CC)CC(NCC)c1ccc(Br)c(F)c1. The number of halogens is 2. The van der Waals surface area contributed by atoms with Gasteiger partial charge in [-0.05, 0) is 53.0 Å². The van der Waals surface area contributed by atoms with Gasteiger partial charge in [-0.2, -0.15) is 0 Å². The van der Waals surface area contributed by atoms with Crippen LogP contribution in [-0.2, 0) is 0 Å².